The Morgan fingerprint density at radius 2 is 1.70 bits per heavy atom. The Balaban J connectivity index is 1.58. The van der Waals surface area contributed by atoms with Crippen LogP contribution in [0.15, 0.2) is 77.5 Å². The maximum Gasteiger partial charge on any atom is 0.336 e. The molecule has 0 aromatic heterocycles. The molecule has 5 rings (SSSR count). The average molecular weight is 714 g/mol. The van der Waals surface area contributed by atoms with Crippen LogP contribution in [0.5, 0.6) is 5.75 Å². The molecule has 0 amide bonds. The predicted molar refractivity (Wildman–Crippen MR) is 156 cm³/mol. The molecule has 6 nitrogen and oxygen atoms in total. The Labute approximate surface area is 241 Å². The molecule has 3 aromatic carbocycles. The van der Waals surface area contributed by atoms with Gasteiger partial charge < -0.3 is 14.8 Å². The van der Waals surface area contributed by atoms with Gasteiger partial charge in [-0.05, 0) is 75.9 Å². The number of nitriles is 1. The molecule has 0 bridgehead atoms. The maximum absolute atomic E-state index is 13.6. The van der Waals surface area contributed by atoms with Crippen LogP contribution in [0.3, 0.4) is 0 Å². The van der Waals surface area contributed by atoms with Crippen LogP contribution in [0.1, 0.15) is 45.5 Å². The number of Topliss-reactive ketones (excluding diaryl/α,β-unsaturated/α-hetero) is 1. The number of methoxy groups -OCH3 is 1. The molecule has 2 aliphatic rings. The number of ketones is 1. The standard InChI is InChI=1S/C29H20I2N2O4/c1-15-23(29(35)36-2)24(25-26(33-15)19-9-5-6-10-20(19)27(25)34)18-11-21(30)28(22(31)12-18)37-14-17-8-4-3-7-16(17)13-32/h3-12,24,33H,14H2,1-2H3/t24-/m0/s1. The van der Waals surface area contributed by atoms with Crippen molar-refractivity contribution in [1.82, 2.24) is 5.32 Å². The van der Waals surface area contributed by atoms with E-state index in [0.717, 1.165) is 29.5 Å². The second-order valence-corrected chi connectivity index (χ2v) is 10.9. The number of dihydropyridines is 1. The highest BCUT2D eigenvalue weighted by atomic mass is 127. The number of rotatable bonds is 5. The Kier molecular flexibility index (Phi) is 7.09. The quantitative estimate of drug-likeness (QED) is 0.255. The van der Waals surface area contributed by atoms with E-state index in [0.29, 0.717) is 33.7 Å². The summed E-state index contributed by atoms with van der Waals surface area (Å²) in [6.07, 6.45) is 0. The second-order valence-electron chi connectivity index (χ2n) is 8.62. The number of nitrogens with one attached hydrogen (secondary N) is 1. The highest BCUT2D eigenvalue weighted by molar-refractivity contribution is 14.1. The summed E-state index contributed by atoms with van der Waals surface area (Å²) in [5.74, 6) is -0.500. The number of fused-ring (bicyclic) bond motifs is 2. The van der Waals surface area contributed by atoms with E-state index in [-0.39, 0.29) is 12.4 Å². The molecule has 8 heteroatoms. The van der Waals surface area contributed by atoms with Crippen LogP contribution in [0.4, 0.5) is 0 Å². The summed E-state index contributed by atoms with van der Waals surface area (Å²) in [5.41, 5.74) is 5.94. The first-order chi connectivity index (χ1) is 17.8. The summed E-state index contributed by atoms with van der Waals surface area (Å²) in [4.78, 5) is 26.6. The van der Waals surface area contributed by atoms with Gasteiger partial charge in [0.1, 0.15) is 12.4 Å². The Morgan fingerprint density at radius 3 is 2.38 bits per heavy atom. The molecule has 1 atom stereocenters. The van der Waals surface area contributed by atoms with Gasteiger partial charge in [-0.25, -0.2) is 4.79 Å². The summed E-state index contributed by atoms with van der Waals surface area (Å²) in [6, 6.07) is 20.9. The van der Waals surface area contributed by atoms with Crippen molar-refractivity contribution in [2.24, 2.45) is 0 Å². The monoisotopic (exact) mass is 714 g/mol. The van der Waals surface area contributed by atoms with E-state index in [1.807, 2.05) is 61.5 Å². The van der Waals surface area contributed by atoms with Gasteiger partial charge in [0.05, 0.1) is 37.2 Å². The summed E-state index contributed by atoms with van der Waals surface area (Å²) < 4.78 is 13.0. The third kappa shape index (κ3) is 4.44. The number of halogens is 2. The molecular formula is C29H20I2N2O4. The smallest absolute Gasteiger partial charge is 0.336 e. The number of carbonyl (C=O) groups is 2. The molecule has 0 fully saturated rings. The molecule has 0 saturated carbocycles. The molecular weight excluding hydrogens is 694 g/mol. The number of hydrogen-bond donors (Lipinski definition) is 1. The first-order valence-electron chi connectivity index (χ1n) is 11.4. The number of hydrogen-bond acceptors (Lipinski definition) is 6. The molecule has 1 N–H and O–H groups in total. The lowest BCUT2D eigenvalue weighted by molar-refractivity contribution is -0.136. The first kappa shape index (κ1) is 25.5. The normalized spacial score (nSPS) is 16.1. The zero-order valence-electron chi connectivity index (χ0n) is 19.9. The molecule has 0 spiro atoms. The van der Waals surface area contributed by atoms with Gasteiger partial charge in [-0.2, -0.15) is 5.26 Å². The fourth-order valence-corrected chi connectivity index (χ4v) is 6.96. The zero-order valence-corrected chi connectivity index (χ0v) is 24.2. The Hall–Kier alpha value is -3.17. The van der Waals surface area contributed by atoms with E-state index in [2.05, 4.69) is 56.6 Å². The Bertz CT molecular complexity index is 1560. The lowest BCUT2D eigenvalue weighted by Gasteiger charge is -2.29. The largest absolute Gasteiger partial charge is 0.487 e. The number of allylic oxidation sites excluding steroid dienone is 2. The van der Waals surface area contributed by atoms with Gasteiger partial charge in [0.2, 0.25) is 0 Å². The summed E-state index contributed by atoms with van der Waals surface area (Å²) in [6.45, 7) is 2.08. The summed E-state index contributed by atoms with van der Waals surface area (Å²) >= 11 is 4.42. The van der Waals surface area contributed by atoms with Crippen LogP contribution >= 0.6 is 45.2 Å². The molecule has 1 aliphatic heterocycles. The van der Waals surface area contributed by atoms with Crippen molar-refractivity contribution in [3.63, 3.8) is 0 Å². The fraction of sp³-hybridized carbons (Fsp3) is 0.138. The average Bonchev–Trinajstić information content (AvgIpc) is 3.18. The predicted octanol–water partition coefficient (Wildman–Crippen LogP) is 6.09. The van der Waals surface area contributed by atoms with Gasteiger partial charge >= 0.3 is 5.97 Å². The maximum atomic E-state index is 13.6. The highest BCUT2D eigenvalue weighted by Gasteiger charge is 2.43. The molecule has 37 heavy (non-hydrogen) atoms. The lowest BCUT2D eigenvalue weighted by atomic mass is 9.80. The minimum absolute atomic E-state index is 0.101. The van der Waals surface area contributed by atoms with Crippen molar-refractivity contribution in [3.8, 4) is 11.8 Å². The van der Waals surface area contributed by atoms with Crippen LogP contribution in [-0.2, 0) is 16.1 Å². The minimum atomic E-state index is -0.598. The third-order valence-corrected chi connectivity index (χ3v) is 8.12. The van der Waals surface area contributed by atoms with Crippen molar-refractivity contribution in [2.45, 2.75) is 19.4 Å². The molecule has 0 radical (unpaired) electrons. The minimum Gasteiger partial charge on any atom is -0.487 e. The second kappa shape index (κ2) is 10.3. The van der Waals surface area contributed by atoms with Crippen molar-refractivity contribution in [2.75, 3.05) is 7.11 Å². The van der Waals surface area contributed by atoms with Crippen LogP contribution < -0.4 is 10.1 Å². The molecule has 0 saturated heterocycles. The van der Waals surface area contributed by atoms with E-state index < -0.39 is 11.9 Å². The number of esters is 1. The Morgan fingerprint density at radius 1 is 1.05 bits per heavy atom. The van der Waals surface area contributed by atoms with Crippen LogP contribution in [0, 0.1) is 18.5 Å². The van der Waals surface area contributed by atoms with E-state index in [4.69, 9.17) is 9.47 Å². The molecule has 1 heterocycles. The SMILES string of the molecule is COC(=O)C1=C(C)NC2=C(C(=O)c3ccccc32)[C@H]1c1cc(I)c(OCc2ccccc2C#N)c(I)c1. The van der Waals surface area contributed by atoms with Crippen molar-refractivity contribution in [1.29, 1.82) is 5.26 Å². The van der Waals surface area contributed by atoms with E-state index in [9.17, 15) is 14.9 Å². The molecule has 1 aliphatic carbocycles. The van der Waals surface area contributed by atoms with Gasteiger partial charge in [0.15, 0.2) is 5.78 Å². The van der Waals surface area contributed by atoms with Gasteiger partial charge in [-0.15, -0.1) is 0 Å². The van der Waals surface area contributed by atoms with Gasteiger partial charge in [0, 0.05) is 33.9 Å². The molecule has 0 unspecified atom stereocenters. The van der Waals surface area contributed by atoms with E-state index in [1.165, 1.54) is 7.11 Å². The summed E-state index contributed by atoms with van der Waals surface area (Å²) in [5, 5.41) is 12.7. The van der Waals surface area contributed by atoms with Crippen molar-refractivity contribution < 1.29 is 19.1 Å². The van der Waals surface area contributed by atoms with Crippen molar-refractivity contribution >= 4 is 62.6 Å². The molecule has 184 valence electrons. The van der Waals surface area contributed by atoms with E-state index >= 15 is 0 Å². The number of ether oxygens (including phenoxy) is 2. The van der Waals surface area contributed by atoms with Crippen LogP contribution in [-0.4, -0.2) is 18.9 Å². The molecule has 3 aromatic rings. The highest BCUT2D eigenvalue weighted by Crippen LogP contribution is 2.48. The van der Waals surface area contributed by atoms with Crippen LogP contribution in [0.25, 0.3) is 5.70 Å². The summed E-state index contributed by atoms with van der Waals surface area (Å²) in [7, 11) is 1.35. The van der Waals surface area contributed by atoms with Gasteiger partial charge in [0.25, 0.3) is 0 Å². The zero-order chi connectivity index (χ0) is 26.3. The fourth-order valence-electron chi connectivity index (χ4n) is 4.83. The van der Waals surface area contributed by atoms with Gasteiger partial charge in [-0.1, -0.05) is 42.5 Å². The van der Waals surface area contributed by atoms with Crippen molar-refractivity contribution in [3.05, 3.63) is 112 Å². The first-order valence-corrected chi connectivity index (χ1v) is 13.6. The number of nitrogens with zero attached hydrogens (tertiary/aromatic N) is 1. The van der Waals surface area contributed by atoms with E-state index in [1.54, 1.807) is 6.07 Å². The lowest BCUT2D eigenvalue weighted by Crippen LogP contribution is -2.29. The number of benzene rings is 3. The van der Waals surface area contributed by atoms with Crippen LogP contribution in [0.2, 0.25) is 0 Å². The van der Waals surface area contributed by atoms with Gasteiger partial charge in [-0.3, -0.25) is 4.79 Å². The number of carbonyl (C=O) groups excluding carboxylic acids is 2. The third-order valence-electron chi connectivity index (χ3n) is 6.52. The topological polar surface area (TPSA) is 88.4 Å².